The lowest BCUT2D eigenvalue weighted by Gasteiger charge is -2.15. The second-order valence-electron chi connectivity index (χ2n) is 4.99. The summed E-state index contributed by atoms with van der Waals surface area (Å²) in [6.07, 6.45) is 1.46. The van der Waals surface area contributed by atoms with Gasteiger partial charge in [-0.3, -0.25) is 0 Å². The highest BCUT2D eigenvalue weighted by atomic mass is 16.5. The number of nitrogens with one attached hydrogen (secondary N) is 1. The van der Waals surface area contributed by atoms with Gasteiger partial charge < -0.3 is 15.2 Å². The lowest BCUT2D eigenvalue weighted by molar-refractivity contribution is 0.176. The highest BCUT2D eigenvalue weighted by molar-refractivity contribution is 5.95. The van der Waals surface area contributed by atoms with Crippen LogP contribution in [0.15, 0.2) is 24.3 Å². The SMILES string of the molecule is CCCC(O)CNc1cc(C)nc2c(OC)cccc12. The van der Waals surface area contributed by atoms with E-state index in [1.54, 1.807) is 7.11 Å². The molecule has 1 unspecified atom stereocenters. The molecule has 1 aromatic carbocycles. The molecule has 4 heteroatoms. The van der Waals surface area contributed by atoms with Crippen molar-refractivity contribution in [2.24, 2.45) is 0 Å². The number of benzene rings is 1. The molecule has 20 heavy (non-hydrogen) atoms. The molecule has 1 heterocycles. The Morgan fingerprint density at radius 3 is 2.90 bits per heavy atom. The minimum absolute atomic E-state index is 0.325. The van der Waals surface area contributed by atoms with Crippen LogP contribution in [-0.2, 0) is 0 Å². The van der Waals surface area contributed by atoms with Crippen LogP contribution >= 0.6 is 0 Å². The Balaban J connectivity index is 2.33. The number of aryl methyl sites for hydroxylation is 1. The van der Waals surface area contributed by atoms with Crippen molar-refractivity contribution >= 4 is 16.6 Å². The largest absolute Gasteiger partial charge is 0.494 e. The van der Waals surface area contributed by atoms with Gasteiger partial charge in [0, 0.05) is 23.3 Å². The van der Waals surface area contributed by atoms with Gasteiger partial charge in [0.2, 0.25) is 0 Å². The molecule has 0 aliphatic carbocycles. The molecule has 0 radical (unpaired) electrons. The first-order valence-corrected chi connectivity index (χ1v) is 7.02. The summed E-state index contributed by atoms with van der Waals surface area (Å²) in [5, 5.41) is 14.2. The van der Waals surface area contributed by atoms with E-state index in [1.807, 2.05) is 31.2 Å². The Morgan fingerprint density at radius 2 is 2.20 bits per heavy atom. The number of hydrogen-bond donors (Lipinski definition) is 2. The summed E-state index contributed by atoms with van der Waals surface area (Å²) in [5.74, 6) is 0.767. The van der Waals surface area contributed by atoms with Crippen LogP contribution in [-0.4, -0.2) is 29.8 Å². The molecule has 0 aliphatic rings. The second-order valence-corrected chi connectivity index (χ2v) is 4.99. The van der Waals surface area contributed by atoms with Crippen molar-refractivity contribution in [2.45, 2.75) is 32.8 Å². The fourth-order valence-corrected chi connectivity index (χ4v) is 2.32. The Kier molecular flexibility index (Phi) is 4.79. The molecule has 4 nitrogen and oxygen atoms in total. The molecule has 0 saturated heterocycles. The van der Waals surface area contributed by atoms with E-state index in [1.165, 1.54) is 0 Å². The van der Waals surface area contributed by atoms with Crippen LogP contribution < -0.4 is 10.1 Å². The average Bonchev–Trinajstić information content (AvgIpc) is 2.44. The van der Waals surface area contributed by atoms with E-state index in [9.17, 15) is 5.11 Å². The molecule has 2 N–H and O–H groups in total. The summed E-state index contributed by atoms with van der Waals surface area (Å²) in [6, 6.07) is 7.87. The molecule has 2 aromatic rings. The molecule has 1 atom stereocenters. The number of methoxy groups -OCH3 is 1. The first-order chi connectivity index (χ1) is 9.65. The number of fused-ring (bicyclic) bond motifs is 1. The van der Waals surface area contributed by atoms with Gasteiger partial charge in [0.05, 0.1) is 13.2 Å². The van der Waals surface area contributed by atoms with Gasteiger partial charge in [-0.25, -0.2) is 4.98 Å². The third-order valence-corrected chi connectivity index (χ3v) is 3.30. The van der Waals surface area contributed by atoms with Crippen molar-refractivity contribution in [2.75, 3.05) is 19.0 Å². The van der Waals surface area contributed by atoms with E-state index in [0.717, 1.165) is 40.9 Å². The quantitative estimate of drug-likeness (QED) is 0.849. The summed E-state index contributed by atoms with van der Waals surface area (Å²) < 4.78 is 5.36. The van der Waals surface area contributed by atoms with Gasteiger partial charge in [-0.1, -0.05) is 25.5 Å². The van der Waals surface area contributed by atoms with Crippen LogP contribution in [0.4, 0.5) is 5.69 Å². The zero-order valence-corrected chi connectivity index (χ0v) is 12.3. The zero-order chi connectivity index (χ0) is 14.5. The number of hydrogen-bond acceptors (Lipinski definition) is 4. The number of aliphatic hydroxyl groups excluding tert-OH is 1. The third kappa shape index (κ3) is 3.20. The van der Waals surface area contributed by atoms with Crippen molar-refractivity contribution in [3.8, 4) is 5.75 Å². The number of pyridine rings is 1. The van der Waals surface area contributed by atoms with Gasteiger partial charge in [-0.15, -0.1) is 0 Å². The van der Waals surface area contributed by atoms with E-state index in [4.69, 9.17) is 4.74 Å². The summed E-state index contributed by atoms with van der Waals surface area (Å²) in [5.41, 5.74) is 2.76. The Hall–Kier alpha value is -1.81. The lowest BCUT2D eigenvalue weighted by Crippen LogP contribution is -2.19. The molecule has 2 rings (SSSR count). The number of anilines is 1. The first-order valence-electron chi connectivity index (χ1n) is 7.02. The Bertz CT molecular complexity index is 584. The fraction of sp³-hybridized carbons (Fsp3) is 0.438. The maximum absolute atomic E-state index is 9.85. The number of para-hydroxylation sites is 1. The number of aromatic nitrogens is 1. The number of aliphatic hydroxyl groups is 1. The van der Waals surface area contributed by atoms with E-state index < -0.39 is 0 Å². The van der Waals surface area contributed by atoms with Gasteiger partial charge >= 0.3 is 0 Å². The number of nitrogens with zero attached hydrogens (tertiary/aromatic N) is 1. The van der Waals surface area contributed by atoms with Crippen molar-refractivity contribution < 1.29 is 9.84 Å². The second kappa shape index (κ2) is 6.57. The normalized spacial score (nSPS) is 12.4. The molecular weight excluding hydrogens is 252 g/mol. The number of ether oxygens (including phenoxy) is 1. The minimum atomic E-state index is -0.325. The van der Waals surface area contributed by atoms with Gasteiger partial charge in [0.15, 0.2) is 0 Å². The predicted molar refractivity (Wildman–Crippen MR) is 82.4 cm³/mol. The van der Waals surface area contributed by atoms with E-state index in [2.05, 4.69) is 17.2 Å². The Morgan fingerprint density at radius 1 is 1.40 bits per heavy atom. The predicted octanol–water partition coefficient (Wildman–Crippen LogP) is 3.12. The lowest BCUT2D eigenvalue weighted by atomic mass is 10.1. The molecule has 108 valence electrons. The van der Waals surface area contributed by atoms with Crippen LogP contribution in [0.5, 0.6) is 5.75 Å². The Labute approximate surface area is 119 Å². The van der Waals surface area contributed by atoms with E-state index in [-0.39, 0.29) is 6.10 Å². The molecule has 0 amide bonds. The molecule has 0 aliphatic heterocycles. The van der Waals surface area contributed by atoms with Crippen LogP contribution in [0, 0.1) is 6.92 Å². The van der Waals surface area contributed by atoms with E-state index in [0.29, 0.717) is 6.54 Å². The molecule has 0 bridgehead atoms. The molecule has 0 spiro atoms. The van der Waals surface area contributed by atoms with E-state index >= 15 is 0 Å². The average molecular weight is 274 g/mol. The maximum atomic E-state index is 9.85. The summed E-state index contributed by atoms with van der Waals surface area (Å²) in [7, 11) is 1.65. The van der Waals surface area contributed by atoms with Gasteiger partial charge in [-0.2, -0.15) is 0 Å². The fourth-order valence-electron chi connectivity index (χ4n) is 2.32. The van der Waals surface area contributed by atoms with Crippen LogP contribution in [0.1, 0.15) is 25.5 Å². The van der Waals surface area contributed by atoms with Crippen LogP contribution in [0.25, 0.3) is 10.9 Å². The smallest absolute Gasteiger partial charge is 0.145 e. The third-order valence-electron chi connectivity index (χ3n) is 3.30. The highest BCUT2D eigenvalue weighted by Gasteiger charge is 2.09. The molecule has 0 fully saturated rings. The standard InChI is InChI=1S/C16H22N2O2/c1-4-6-12(19)10-17-14-9-11(2)18-16-13(14)7-5-8-15(16)20-3/h5,7-9,12,19H,4,6,10H2,1-3H3,(H,17,18). The van der Waals surface area contributed by atoms with Crippen molar-refractivity contribution in [1.82, 2.24) is 4.98 Å². The summed E-state index contributed by atoms with van der Waals surface area (Å²) >= 11 is 0. The van der Waals surface area contributed by atoms with Crippen LogP contribution in [0.3, 0.4) is 0 Å². The minimum Gasteiger partial charge on any atom is -0.494 e. The first kappa shape index (κ1) is 14.6. The van der Waals surface area contributed by atoms with Gasteiger partial charge in [-0.05, 0) is 25.5 Å². The summed E-state index contributed by atoms with van der Waals surface area (Å²) in [6.45, 7) is 4.57. The maximum Gasteiger partial charge on any atom is 0.145 e. The van der Waals surface area contributed by atoms with Crippen molar-refractivity contribution in [3.63, 3.8) is 0 Å². The van der Waals surface area contributed by atoms with Gasteiger partial charge in [0.1, 0.15) is 11.3 Å². The summed E-state index contributed by atoms with van der Waals surface area (Å²) in [4.78, 5) is 4.54. The van der Waals surface area contributed by atoms with Crippen LogP contribution in [0.2, 0.25) is 0 Å². The molecule has 1 aromatic heterocycles. The molecular formula is C16H22N2O2. The topological polar surface area (TPSA) is 54.4 Å². The van der Waals surface area contributed by atoms with Crippen molar-refractivity contribution in [3.05, 3.63) is 30.0 Å². The zero-order valence-electron chi connectivity index (χ0n) is 12.3. The monoisotopic (exact) mass is 274 g/mol. The van der Waals surface area contributed by atoms with Crippen molar-refractivity contribution in [1.29, 1.82) is 0 Å². The van der Waals surface area contributed by atoms with Gasteiger partial charge in [0.25, 0.3) is 0 Å². The highest BCUT2D eigenvalue weighted by Crippen LogP contribution is 2.29. The molecule has 0 saturated carbocycles. The number of rotatable bonds is 6.